The third-order valence-electron chi connectivity index (χ3n) is 4.76. The summed E-state index contributed by atoms with van der Waals surface area (Å²) >= 11 is 0. The molecule has 0 radical (unpaired) electrons. The van der Waals surface area contributed by atoms with Gasteiger partial charge in [-0.25, -0.2) is 0 Å². The van der Waals surface area contributed by atoms with Crippen molar-refractivity contribution < 1.29 is 14.3 Å². The van der Waals surface area contributed by atoms with Gasteiger partial charge in [0.2, 0.25) is 0 Å². The van der Waals surface area contributed by atoms with Crippen molar-refractivity contribution in [2.45, 2.75) is 59.3 Å². The highest BCUT2D eigenvalue weighted by Gasteiger charge is 2.23. The van der Waals surface area contributed by atoms with Crippen LogP contribution in [0.15, 0.2) is 42.5 Å². The van der Waals surface area contributed by atoms with E-state index in [9.17, 15) is 9.59 Å². The summed E-state index contributed by atoms with van der Waals surface area (Å²) in [7, 11) is 0. The molecule has 5 nitrogen and oxygen atoms in total. The van der Waals surface area contributed by atoms with Gasteiger partial charge in [0.25, 0.3) is 11.8 Å². The van der Waals surface area contributed by atoms with E-state index in [1.165, 1.54) is 5.56 Å². The first-order valence-electron chi connectivity index (χ1n) is 10.4. The van der Waals surface area contributed by atoms with Gasteiger partial charge in [0.15, 0.2) is 6.61 Å². The Morgan fingerprint density at radius 1 is 0.933 bits per heavy atom. The molecule has 0 aliphatic carbocycles. The third-order valence-corrected chi connectivity index (χ3v) is 4.76. The second kappa shape index (κ2) is 9.33. The molecule has 0 heterocycles. The van der Waals surface area contributed by atoms with Crippen LogP contribution in [0.4, 0.5) is 5.69 Å². The van der Waals surface area contributed by atoms with Crippen LogP contribution in [-0.4, -0.2) is 25.0 Å². The molecule has 0 unspecified atom stereocenters. The number of rotatable bonds is 6. The lowest BCUT2D eigenvalue weighted by atomic mass is 9.80. The molecule has 2 N–H and O–H groups in total. The summed E-state index contributed by atoms with van der Waals surface area (Å²) in [5.41, 5.74) is 3.28. The highest BCUT2D eigenvalue weighted by atomic mass is 16.5. The molecule has 0 fully saturated rings. The van der Waals surface area contributed by atoms with Gasteiger partial charge in [-0.1, -0.05) is 59.7 Å². The number of carbonyl (C=O) groups excluding carboxylic acids is 2. The summed E-state index contributed by atoms with van der Waals surface area (Å²) < 4.78 is 5.89. The molecule has 0 atom stereocenters. The molecular formula is C25H34N2O3. The van der Waals surface area contributed by atoms with E-state index in [1.54, 1.807) is 24.3 Å². The molecule has 0 spiro atoms. The molecular weight excluding hydrogens is 376 g/mol. The van der Waals surface area contributed by atoms with Gasteiger partial charge >= 0.3 is 0 Å². The summed E-state index contributed by atoms with van der Waals surface area (Å²) in [5, 5.41) is 5.55. The number of hydrogen-bond acceptors (Lipinski definition) is 3. The lowest BCUT2D eigenvalue weighted by Gasteiger charge is -2.27. The number of nitrogens with one attached hydrogen (secondary N) is 2. The Morgan fingerprint density at radius 2 is 1.63 bits per heavy atom. The summed E-state index contributed by atoms with van der Waals surface area (Å²) in [6.45, 7) is 15.2. The van der Waals surface area contributed by atoms with E-state index in [2.05, 4.69) is 64.3 Å². The predicted octanol–water partition coefficient (Wildman–Crippen LogP) is 5.05. The second-order valence-electron chi connectivity index (χ2n) is 9.49. The van der Waals surface area contributed by atoms with E-state index in [1.807, 2.05) is 13.0 Å². The second-order valence-corrected chi connectivity index (χ2v) is 9.49. The highest BCUT2D eigenvalue weighted by molar-refractivity contribution is 5.97. The molecule has 2 rings (SSSR count). The molecule has 2 amide bonds. The maximum Gasteiger partial charge on any atom is 0.262 e. The number of ether oxygens (including phenoxy) is 1. The third kappa shape index (κ3) is 6.34. The molecule has 30 heavy (non-hydrogen) atoms. The number of carbonyl (C=O) groups is 2. The molecule has 0 saturated heterocycles. The topological polar surface area (TPSA) is 67.4 Å². The zero-order valence-electron chi connectivity index (χ0n) is 19.2. The van der Waals surface area contributed by atoms with Crippen LogP contribution in [-0.2, 0) is 15.6 Å². The van der Waals surface area contributed by atoms with Crippen molar-refractivity contribution in [2.24, 2.45) is 0 Å². The van der Waals surface area contributed by atoms with Crippen molar-refractivity contribution in [2.75, 3.05) is 18.5 Å². The SMILES string of the molecule is CCNC(=O)c1cccc(NC(=O)COc2ccc(C(C)(C)C)cc2C(C)(C)C)c1. The molecule has 5 heteroatoms. The van der Waals surface area contributed by atoms with Gasteiger partial charge in [-0.15, -0.1) is 0 Å². The predicted molar refractivity (Wildman–Crippen MR) is 122 cm³/mol. The Labute approximate surface area is 180 Å². The normalized spacial score (nSPS) is 11.7. The zero-order chi connectivity index (χ0) is 22.5. The van der Waals surface area contributed by atoms with Crippen molar-refractivity contribution in [1.82, 2.24) is 5.32 Å². The number of amides is 2. The minimum absolute atomic E-state index is 0.0327. The molecule has 0 aromatic heterocycles. The average Bonchev–Trinajstić information content (AvgIpc) is 2.65. The van der Waals surface area contributed by atoms with Crippen molar-refractivity contribution in [3.63, 3.8) is 0 Å². The molecule has 162 valence electrons. The van der Waals surface area contributed by atoms with Gasteiger partial charge in [-0.3, -0.25) is 9.59 Å². The Balaban J connectivity index is 2.11. The first kappa shape index (κ1) is 23.5. The van der Waals surface area contributed by atoms with Gasteiger partial charge in [-0.2, -0.15) is 0 Å². The van der Waals surface area contributed by atoms with Crippen LogP contribution in [0.25, 0.3) is 0 Å². The summed E-state index contributed by atoms with van der Waals surface area (Å²) in [6, 6.07) is 13.0. The van der Waals surface area contributed by atoms with Crippen LogP contribution in [0.5, 0.6) is 5.75 Å². The maximum atomic E-state index is 12.4. The number of hydrogen-bond donors (Lipinski definition) is 2. The van der Waals surface area contributed by atoms with E-state index in [4.69, 9.17) is 4.74 Å². The molecule has 0 aliphatic heterocycles. The number of anilines is 1. The standard InChI is InChI=1S/C25H34N2O3/c1-8-26-23(29)17-10-9-11-19(14-17)27-22(28)16-30-21-13-12-18(24(2,3)4)15-20(21)25(5,6)7/h9-15H,8,16H2,1-7H3,(H,26,29)(H,27,28). The van der Waals surface area contributed by atoms with E-state index < -0.39 is 0 Å². The molecule has 0 bridgehead atoms. The fourth-order valence-electron chi connectivity index (χ4n) is 3.05. The van der Waals surface area contributed by atoms with E-state index in [0.29, 0.717) is 23.5 Å². The van der Waals surface area contributed by atoms with Crippen molar-refractivity contribution in [1.29, 1.82) is 0 Å². The first-order valence-corrected chi connectivity index (χ1v) is 10.4. The minimum atomic E-state index is -0.275. The van der Waals surface area contributed by atoms with Crippen LogP contribution >= 0.6 is 0 Å². The van der Waals surface area contributed by atoms with Crippen LogP contribution < -0.4 is 15.4 Å². The van der Waals surface area contributed by atoms with Crippen LogP contribution in [0.2, 0.25) is 0 Å². The Morgan fingerprint density at radius 3 is 2.23 bits per heavy atom. The largest absolute Gasteiger partial charge is 0.483 e. The van der Waals surface area contributed by atoms with Crippen LogP contribution in [0.3, 0.4) is 0 Å². The summed E-state index contributed by atoms with van der Waals surface area (Å²) in [6.07, 6.45) is 0. The molecule has 2 aromatic rings. The summed E-state index contributed by atoms with van der Waals surface area (Å²) in [5.74, 6) is 0.267. The van der Waals surface area contributed by atoms with Gasteiger partial charge in [0.05, 0.1) is 0 Å². The zero-order valence-corrected chi connectivity index (χ0v) is 19.2. The number of benzene rings is 2. The Kier molecular flexibility index (Phi) is 7.30. The summed E-state index contributed by atoms with van der Waals surface area (Å²) in [4.78, 5) is 24.4. The molecule has 0 aliphatic rings. The average molecular weight is 411 g/mol. The van der Waals surface area contributed by atoms with Gasteiger partial charge in [-0.05, 0) is 53.1 Å². The molecule has 2 aromatic carbocycles. The van der Waals surface area contributed by atoms with Crippen molar-refractivity contribution >= 4 is 17.5 Å². The fourth-order valence-corrected chi connectivity index (χ4v) is 3.05. The first-order chi connectivity index (χ1) is 13.9. The van der Waals surface area contributed by atoms with Gasteiger partial charge < -0.3 is 15.4 Å². The fraction of sp³-hybridized carbons (Fsp3) is 0.440. The van der Waals surface area contributed by atoms with Crippen LogP contribution in [0.1, 0.15) is 70.0 Å². The highest BCUT2D eigenvalue weighted by Crippen LogP contribution is 2.35. The quantitative estimate of drug-likeness (QED) is 0.700. The monoisotopic (exact) mass is 410 g/mol. The minimum Gasteiger partial charge on any atom is -0.483 e. The maximum absolute atomic E-state index is 12.4. The van der Waals surface area contributed by atoms with E-state index in [0.717, 1.165) is 5.56 Å². The Hall–Kier alpha value is -2.82. The van der Waals surface area contributed by atoms with E-state index >= 15 is 0 Å². The lowest BCUT2D eigenvalue weighted by Crippen LogP contribution is -2.24. The van der Waals surface area contributed by atoms with Crippen LogP contribution in [0, 0.1) is 0 Å². The van der Waals surface area contributed by atoms with Crippen molar-refractivity contribution in [3.8, 4) is 5.75 Å². The smallest absolute Gasteiger partial charge is 0.262 e. The van der Waals surface area contributed by atoms with Crippen molar-refractivity contribution in [3.05, 3.63) is 59.2 Å². The Bertz CT molecular complexity index is 905. The van der Waals surface area contributed by atoms with Gasteiger partial charge in [0, 0.05) is 17.8 Å². The lowest BCUT2D eigenvalue weighted by molar-refractivity contribution is -0.118. The molecule has 0 saturated carbocycles. The van der Waals surface area contributed by atoms with E-state index in [-0.39, 0.29) is 29.3 Å². The van der Waals surface area contributed by atoms with Gasteiger partial charge in [0.1, 0.15) is 5.75 Å².